The van der Waals surface area contributed by atoms with Crippen molar-refractivity contribution >= 4 is 35.6 Å². The number of nitrogens with one attached hydrogen (secondary N) is 2. The number of amides is 3. The average Bonchev–Trinajstić information content (AvgIpc) is 2.50. The number of carboxylic acid groups (broad SMARTS) is 1. The third-order valence-corrected chi connectivity index (χ3v) is 5.12. The van der Waals surface area contributed by atoms with Gasteiger partial charge in [0.15, 0.2) is 0 Å². The molecule has 1 saturated heterocycles. The van der Waals surface area contributed by atoms with Crippen LogP contribution in [0.2, 0.25) is 0 Å². The van der Waals surface area contributed by atoms with Crippen LogP contribution >= 0.6 is 11.8 Å². The van der Waals surface area contributed by atoms with Crippen molar-refractivity contribution in [1.82, 2.24) is 15.5 Å². The van der Waals surface area contributed by atoms with E-state index in [4.69, 9.17) is 4.74 Å². The number of fused-ring (bicyclic) bond motifs is 1. The minimum Gasteiger partial charge on any atom is -0.477 e. The Hall–Kier alpha value is -2.23. The Balaban J connectivity index is 1.82. The van der Waals surface area contributed by atoms with E-state index in [1.165, 1.54) is 16.7 Å². The number of ether oxygens (including phenoxy) is 1. The van der Waals surface area contributed by atoms with Crippen molar-refractivity contribution in [2.45, 2.75) is 51.1 Å². The third kappa shape index (κ3) is 4.48. The molecule has 3 amide bonds. The van der Waals surface area contributed by atoms with Crippen molar-refractivity contribution in [3.8, 4) is 0 Å². The second-order valence-electron chi connectivity index (χ2n) is 7.07. The van der Waals surface area contributed by atoms with Gasteiger partial charge in [-0.05, 0) is 33.3 Å². The van der Waals surface area contributed by atoms with E-state index >= 15 is 0 Å². The lowest BCUT2D eigenvalue weighted by Gasteiger charge is -2.49. The van der Waals surface area contributed by atoms with Gasteiger partial charge in [0.1, 0.15) is 22.7 Å². The SMILES string of the molecule is CC1=C(C(=O)O)N2C(=O)C(NC(=O)CCNC(=O)OC(C)(C)C)[C@@H]2SC1. The van der Waals surface area contributed by atoms with Crippen LogP contribution in [0.5, 0.6) is 0 Å². The maximum absolute atomic E-state index is 12.2. The summed E-state index contributed by atoms with van der Waals surface area (Å²) in [6.45, 7) is 6.95. The molecule has 10 heteroatoms. The van der Waals surface area contributed by atoms with Gasteiger partial charge in [-0.1, -0.05) is 0 Å². The summed E-state index contributed by atoms with van der Waals surface area (Å²) >= 11 is 1.41. The molecule has 2 aliphatic heterocycles. The van der Waals surface area contributed by atoms with Crippen LogP contribution in [0.3, 0.4) is 0 Å². The molecule has 2 rings (SSSR count). The summed E-state index contributed by atoms with van der Waals surface area (Å²) in [5.74, 6) is -1.49. The fourth-order valence-electron chi connectivity index (χ4n) is 2.61. The molecule has 26 heavy (non-hydrogen) atoms. The normalized spacial score (nSPS) is 22.3. The van der Waals surface area contributed by atoms with Crippen LogP contribution in [0, 0.1) is 0 Å². The monoisotopic (exact) mass is 385 g/mol. The molecule has 0 bridgehead atoms. The first kappa shape index (κ1) is 20.1. The molecule has 144 valence electrons. The van der Waals surface area contributed by atoms with Gasteiger partial charge < -0.3 is 20.5 Å². The summed E-state index contributed by atoms with van der Waals surface area (Å²) in [7, 11) is 0. The van der Waals surface area contributed by atoms with Gasteiger partial charge in [0.05, 0.1) is 0 Å². The Bertz CT molecular complexity index is 669. The molecule has 0 aromatic rings. The molecule has 0 spiro atoms. The Morgan fingerprint density at radius 1 is 1.35 bits per heavy atom. The molecular weight excluding hydrogens is 362 g/mol. The van der Waals surface area contributed by atoms with Gasteiger partial charge in [-0.2, -0.15) is 0 Å². The van der Waals surface area contributed by atoms with Gasteiger partial charge >= 0.3 is 12.1 Å². The number of rotatable bonds is 5. The van der Waals surface area contributed by atoms with Crippen molar-refractivity contribution in [2.75, 3.05) is 12.3 Å². The Labute approximate surface area is 155 Å². The highest BCUT2D eigenvalue weighted by Crippen LogP contribution is 2.40. The van der Waals surface area contributed by atoms with E-state index in [-0.39, 0.29) is 18.7 Å². The molecule has 0 aromatic carbocycles. The van der Waals surface area contributed by atoms with Crippen molar-refractivity contribution in [1.29, 1.82) is 0 Å². The quantitative estimate of drug-likeness (QED) is 0.594. The summed E-state index contributed by atoms with van der Waals surface area (Å²) in [4.78, 5) is 48.3. The molecule has 2 heterocycles. The lowest BCUT2D eigenvalue weighted by molar-refractivity contribution is -0.150. The Morgan fingerprint density at radius 2 is 2.00 bits per heavy atom. The highest BCUT2D eigenvalue weighted by molar-refractivity contribution is 8.00. The number of hydrogen-bond acceptors (Lipinski definition) is 6. The highest BCUT2D eigenvalue weighted by atomic mass is 32.2. The predicted molar refractivity (Wildman–Crippen MR) is 94.2 cm³/mol. The van der Waals surface area contributed by atoms with E-state index in [0.29, 0.717) is 11.3 Å². The summed E-state index contributed by atoms with van der Waals surface area (Å²) in [5.41, 5.74) is -0.00544. The van der Waals surface area contributed by atoms with Gasteiger partial charge in [0, 0.05) is 18.7 Å². The predicted octanol–water partition coefficient (Wildman–Crippen LogP) is 0.660. The van der Waals surface area contributed by atoms with Crippen molar-refractivity contribution < 1.29 is 29.0 Å². The summed E-state index contributed by atoms with van der Waals surface area (Å²) < 4.78 is 5.06. The first-order chi connectivity index (χ1) is 12.0. The number of carbonyl (C=O) groups is 4. The van der Waals surface area contributed by atoms with Gasteiger partial charge in [-0.3, -0.25) is 14.5 Å². The zero-order valence-corrected chi connectivity index (χ0v) is 15.9. The van der Waals surface area contributed by atoms with Gasteiger partial charge in [-0.25, -0.2) is 9.59 Å². The van der Waals surface area contributed by atoms with E-state index in [1.807, 2.05) is 0 Å². The molecular formula is C16H23N3O6S. The van der Waals surface area contributed by atoms with Crippen LogP contribution in [-0.4, -0.2) is 63.2 Å². The lowest BCUT2D eigenvalue weighted by Crippen LogP contribution is -2.70. The maximum Gasteiger partial charge on any atom is 0.407 e. The van der Waals surface area contributed by atoms with Crippen LogP contribution < -0.4 is 10.6 Å². The number of carbonyl (C=O) groups excluding carboxylic acids is 3. The van der Waals surface area contributed by atoms with Crippen LogP contribution in [0.25, 0.3) is 0 Å². The zero-order chi connectivity index (χ0) is 19.6. The fraction of sp³-hybridized carbons (Fsp3) is 0.625. The first-order valence-electron chi connectivity index (χ1n) is 8.15. The molecule has 9 nitrogen and oxygen atoms in total. The first-order valence-corrected chi connectivity index (χ1v) is 9.20. The van der Waals surface area contributed by atoms with Crippen molar-refractivity contribution in [2.24, 2.45) is 0 Å². The van der Waals surface area contributed by atoms with Crippen LogP contribution in [0.4, 0.5) is 4.79 Å². The van der Waals surface area contributed by atoms with E-state index in [1.54, 1.807) is 27.7 Å². The van der Waals surface area contributed by atoms with E-state index in [0.717, 1.165) is 0 Å². The molecule has 0 aliphatic carbocycles. The lowest BCUT2D eigenvalue weighted by atomic mass is 10.0. The minimum atomic E-state index is -1.15. The van der Waals surface area contributed by atoms with Gasteiger partial charge in [-0.15, -0.1) is 11.8 Å². The number of thioether (sulfide) groups is 1. The molecule has 2 atom stereocenters. The van der Waals surface area contributed by atoms with E-state index in [2.05, 4.69) is 10.6 Å². The molecule has 0 radical (unpaired) electrons. The number of carboxylic acids is 1. The zero-order valence-electron chi connectivity index (χ0n) is 15.1. The molecule has 1 fully saturated rings. The molecule has 0 aromatic heterocycles. The second kappa shape index (κ2) is 7.56. The summed E-state index contributed by atoms with van der Waals surface area (Å²) in [6.07, 6.45) is -0.633. The summed E-state index contributed by atoms with van der Waals surface area (Å²) in [5, 5.41) is 13.9. The van der Waals surface area contributed by atoms with E-state index in [9.17, 15) is 24.3 Å². The fourth-order valence-corrected chi connectivity index (χ4v) is 3.91. The maximum atomic E-state index is 12.2. The second-order valence-corrected chi connectivity index (χ2v) is 8.17. The smallest absolute Gasteiger partial charge is 0.407 e. The molecule has 3 N–H and O–H groups in total. The molecule has 0 saturated carbocycles. The van der Waals surface area contributed by atoms with E-state index < -0.39 is 40.9 Å². The minimum absolute atomic E-state index is 0.00385. The molecule has 2 aliphatic rings. The van der Waals surface area contributed by atoms with Crippen LogP contribution in [0.15, 0.2) is 11.3 Å². The number of hydrogen-bond donors (Lipinski definition) is 3. The molecule has 1 unspecified atom stereocenters. The Morgan fingerprint density at radius 3 is 2.58 bits per heavy atom. The largest absolute Gasteiger partial charge is 0.477 e. The van der Waals surface area contributed by atoms with Crippen LogP contribution in [0.1, 0.15) is 34.1 Å². The topological polar surface area (TPSA) is 125 Å². The third-order valence-electron chi connectivity index (χ3n) is 3.70. The van der Waals surface area contributed by atoms with Gasteiger partial charge in [0.25, 0.3) is 5.91 Å². The standard InChI is InChI=1S/C16H23N3O6S/c1-8-7-26-13-10(12(21)19(13)11(8)14(22)23)18-9(20)5-6-17-15(24)25-16(2,3)4/h10,13H,5-7H2,1-4H3,(H,17,24)(H,18,20)(H,22,23)/t10?,13-/m0/s1. The summed E-state index contributed by atoms with van der Waals surface area (Å²) in [6, 6.07) is -0.753. The Kier molecular flexibility index (Phi) is 5.84. The highest BCUT2D eigenvalue weighted by Gasteiger charge is 2.53. The van der Waals surface area contributed by atoms with Crippen molar-refractivity contribution in [3.05, 3.63) is 11.3 Å². The number of aliphatic carboxylic acids is 1. The number of nitrogens with zero attached hydrogens (tertiary/aromatic N) is 1. The number of β-lactam (4-membered cyclic amide) rings is 1. The van der Waals surface area contributed by atoms with Crippen LogP contribution in [-0.2, 0) is 19.1 Å². The van der Waals surface area contributed by atoms with Crippen molar-refractivity contribution in [3.63, 3.8) is 0 Å². The average molecular weight is 385 g/mol. The van der Waals surface area contributed by atoms with Gasteiger partial charge in [0.2, 0.25) is 5.91 Å². The number of alkyl carbamates (subject to hydrolysis) is 1.